The topological polar surface area (TPSA) is 78.9 Å². The van der Waals surface area contributed by atoms with Gasteiger partial charge in [-0.3, -0.25) is 14.4 Å². The van der Waals surface area contributed by atoms with Gasteiger partial charge in [-0.05, 0) is 103 Å². The highest BCUT2D eigenvalue weighted by molar-refractivity contribution is 5.71. The van der Waals surface area contributed by atoms with Crippen LogP contribution in [0, 0.1) is 0 Å². The first kappa shape index (κ1) is 74.1. The molecule has 0 aliphatic heterocycles. The third-order valence-electron chi connectivity index (χ3n) is 14.9. The van der Waals surface area contributed by atoms with Crippen molar-refractivity contribution < 1.29 is 28.6 Å². The molecule has 0 spiro atoms. The summed E-state index contributed by atoms with van der Waals surface area (Å²) >= 11 is 0. The van der Waals surface area contributed by atoms with Crippen LogP contribution >= 0.6 is 0 Å². The van der Waals surface area contributed by atoms with Crippen molar-refractivity contribution in [3.63, 3.8) is 0 Å². The van der Waals surface area contributed by atoms with Gasteiger partial charge in [0.15, 0.2) is 6.10 Å². The van der Waals surface area contributed by atoms with Crippen LogP contribution in [-0.4, -0.2) is 37.2 Å². The molecule has 6 heteroatoms. The Balaban J connectivity index is 4.24. The Morgan fingerprint density at radius 3 is 0.805 bits per heavy atom. The van der Waals surface area contributed by atoms with E-state index >= 15 is 0 Å². The summed E-state index contributed by atoms with van der Waals surface area (Å²) in [6.45, 7) is 6.58. The van der Waals surface area contributed by atoms with E-state index in [1.165, 1.54) is 225 Å². The van der Waals surface area contributed by atoms with Crippen molar-refractivity contribution in [3.8, 4) is 0 Å². The van der Waals surface area contributed by atoms with Gasteiger partial charge >= 0.3 is 17.9 Å². The first-order valence-electron chi connectivity index (χ1n) is 33.8. The molecule has 0 aliphatic rings. The normalized spacial score (nSPS) is 12.4. The van der Waals surface area contributed by atoms with E-state index < -0.39 is 6.10 Å². The minimum atomic E-state index is -0.783. The summed E-state index contributed by atoms with van der Waals surface area (Å²) < 4.78 is 16.9. The molecule has 0 fully saturated rings. The van der Waals surface area contributed by atoms with Gasteiger partial charge in [0.25, 0.3) is 0 Å². The standard InChI is InChI=1S/C71H128O6/c1-4-7-10-13-16-19-22-25-27-29-31-32-33-34-35-36-37-38-40-41-43-46-49-52-55-58-61-64-70(73)76-67-68(66-75-69(72)63-60-57-54-51-48-45-24-21-18-15-12-9-6-3)77-71(74)65-62-59-56-53-50-47-44-42-39-30-28-26-23-20-17-14-11-8-5-2/h12,15,17,20-21,24,26,28-29,31,68H,4-11,13-14,16,18-19,22-23,25,27,30,32-67H2,1-3H3/b15-12-,20-17-,24-21-,28-26-,31-29-. The highest BCUT2D eigenvalue weighted by Crippen LogP contribution is 2.17. The molecular formula is C71H128O6. The highest BCUT2D eigenvalue weighted by Gasteiger charge is 2.19. The quantitative estimate of drug-likeness (QED) is 0.0261. The number of ether oxygens (including phenoxy) is 3. The molecule has 0 N–H and O–H groups in total. The second-order valence-corrected chi connectivity index (χ2v) is 22.7. The maximum Gasteiger partial charge on any atom is 0.306 e. The summed E-state index contributed by atoms with van der Waals surface area (Å²) in [6, 6.07) is 0. The molecule has 0 rings (SSSR count). The molecule has 0 aromatic carbocycles. The van der Waals surface area contributed by atoms with Crippen LogP contribution in [0.15, 0.2) is 60.8 Å². The van der Waals surface area contributed by atoms with Crippen molar-refractivity contribution in [1.29, 1.82) is 0 Å². The molecule has 0 aromatic rings. The maximum atomic E-state index is 12.9. The summed E-state index contributed by atoms with van der Waals surface area (Å²) in [6.07, 6.45) is 83.9. The summed E-state index contributed by atoms with van der Waals surface area (Å²) in [5.41, 5.74) is 0. The SMILES string of the molecule is CCC/C=C\C/C=C\CCCCCCCC(=O)OCC(COC(=O)CCCCCCCCCCCCCCCCC/C=C\CCCCCCCCCC)OC(=O)CCCCCCCCCCC/C=C\C/C=C\CCCCC. The van der Waals surface area contributed by atoms with E-state index in [4.69, 9.17) is 14.2 Å². The number of rotatable bonds is 62. The molecule has 0 aliphatic carbocycles. The Morgan fingerprint density at radius 1 is 0.260 bits per heavy atom. The van der Waals surface area contributed by atoms with Gasteiger partial charge in [0.2, 0.25) is 0 Å². The zero-order valence-electron chi connectivity index (χ0n) is 51.5. The van der Waals surface area contributed by atoms with Gasteiger partial charge in [0, 0.05) is 19.3 Å². The van der Waals surface area contributed by atoms with E-state index in [0.717, 1.165) is 89.9 Å². The number of esters is 3. The van der Waals surface area contributed by atoms with E-state index in [2.05, 4.69) is 81.5 Å². The third kappa shape index (κ3) is 63.8. The Morgan fingerprint density at radius 2 is 0.494 bits per heavy atom. The maximum absolute atomic E-state index is 12.9. The van der Waals surface area contributed by atoms with Gasteiger partial charge in [-0.1, -0.05) is 293 Å². The summed E-state index contributed by atoms with van der Waals surface area (Å²) in [7, 11) is 0. The number of hydrogen-bond donors (Lipinski definition) is 0. The van der Waals surface area contributed by atoms with Crippen LogP contribution in [0.2, 0.25) is 0 Å². The lowest BCUT2D eigenvalue weighted by Gasteiger charge is -2.18. The van der Waals surface area contributed by atoms with Crippen molar-refractivity contribution in [2.24, 2.45) is 0 Å². The Labute approximate surface area is 479 Å². The summed E-state index contributed by atoms with van der Waals surface area (Å²) in [4.78, 5) is 38.3. The van der Waals surface area contributed by atoms with Crippen molar-refractivity contribution in [1.82, 2.24) is 0 Å². The molecule has 6 nitrogen and oxygen atoms in total. The Kier molecular flexibility index (Phi) is 63.2. The molecule has 77 heavy (non-hydrogen) atoms. The van der Waals surface area contributed by atoms with E-state index in [0.29, 0.717) is 19.3 Å². The van der Waals surface area contributed by atoms with Crippen LogP contribution in [0.25, 0.3) is 0 Å². The lowest BCUT2D eigenvalue weighted by molar-refractivity contribution is -0.167. The van der Waals surface area contributed by atoms with Crippen LogP contribution < -0.4 is 0 Å². The largest absolute Gasteiger partial charge is 0.462 e. The summed E-state index contributed by atoms with van der Waals surface area (Å²) in [5, 5.41) is 0. The van der Waals surface area contributed by atoms with Gasteiger partial charge in [-0.15, -0.1) is 0 Å². The molecule has 0 amide bonds. The van der Waals surface area contributed by atoms with Crippen LogP contribution in [0.4, 0.5) is 0 Å². The summed E-state index contributed by atoms with van der Waals surface area (Å²) in [5.74, 6) is -0.878. The van der Waals surface area contributed by atoms with Gasteiger partial charge in [0.05, 0.1) is 0 Å². The van der Waals surface area contributed by atoms with Gasteiger partial charge < -0.3 is 14.2 Å². The predicted octanol–water partition coefficient (Wildman–Crippen LogP) is 23.1. The van der Waals surface area contributed by atoms with Gasteiger partial charge in [-0.2, -0.15) is 0 Å². The fourth-order valence-corrected chi connectivity index (χ4v) is 9.86. The molecule has 0 saturated carbocycles. The van der Waals surface area contributed by atoms with Crippen molar-refractivity contribution in [3.05, 3.63) is 60.8 Å². The lowest BCUT2D eigenvalue weighted by Crippen LogP contribution is -2.30. The minimum Gasteiger partial charge on any atom is -0.462 e. The predicted molar refractivity (Wildman–Crippen MR) is 335 cm³/mol. The minimum absolute atomic E-state index is 0.0779. The Bertz CT molecular complexity index is 1380. The number of unbranched alkanes of at least 4 members (excludes halogenated alkanes) is 41. The molecule has 1 atom stereocenters. The third-order valence-corrected chi connectivity index (χ3v) is 14.9. The average molecular weight is 1080 g/mol. The molecule has 0 bridgehead atoms. The molecule has 0 aromatic heterocycles. The first-order valence-corrected chi connectivity index (χ1v) is 33.8. The van der Waals surface area contributed by atoms with Crippen molar-refractivity contribution in [2.45, 2.75) is 361 Å². The van der Waals surface area contributed by atoms with E-state index in [9.17, 15) is 14.4 Å². The van der Waals surface area contributed by atoms with Crippen LogP contribution in [0.1, 0.15) is 355 Å². The monoisotopic (exact) mass is 1080 g/mol. The number of carbonyl (C=O) groups is 3. The zero-order chi connectivity index (χ0) is 55.7. The zero-order valence-corrected chi connectivity index (χ0v) is 51.5. The van der Waals surface area contributed by atoms with E-state index in [1.54, 1.807) is 0 Å². The molecular weight excluding hydrogens is 949 g/mol. The number of carbonyl (C=O) groups excluding carboxylic acids is 3. The van der Waals surface area contributed by atoms with Crippen molar-refractivity contribution in [2.75, 3.05) is 13.2 Å². The van der Waals surface area contributed by atoms with E-state index in [1.807, 2.05) is 0 Å². The van der Waals surface area contributed by atoms with Crippen molar-refractivity contribution >= 4 is 17.9 Å². The molecule has 0 saturated heterocycles. The molecule has 448 valence electrons. The van der Waals surface area contributed by atoms with Crippen LogP contribution in [0.3, 0.4) is 0 Å². The molecule has 0 radical (unpaired) electrons. The first-order chi connectivity index (χ1) is 38.0. The van der Waals surface area contributed by atoms with Crippen LogP contribution in [-0.2, 0) is 28.6 Å². The van der Waals surface area contributed by atoms with Crippen LogP contribution in [0.5, 0.6) is 0 Å². The Hall–Kier alpha value is -2.89. The second-order valence-electron chi connectivity index (χ2n) is 22.7. The van der Waals surface area contributed by atoms with Gasteiger partial charge in [0.1, 0.15) is 13.2 Å². The van der Waals surface area contributed by atoms with E-state index in [-0.39, 0.29) is 31.1 Å². The number of hydrogen-bond acceptors (Lipinski definition) is 6. The molecule has 1 unspecified atom stereocenters. The second kappa shape index (κ2) is 65.6. The average Bonchev–Trinajstić information content (AvgIpc) is 3.43. The number of allylic oxidation sites excluding steroid dienone is 10. The fourth-order valence-electron chi connectivity index (χ4n) is 9.86. The fraction of sp³-hybridized carbons (Fsp3) is 0.817. The molecule has 0 heterocycles. The smallest absolute Gasteiger partial charge is 0.306 e. The van der Waals surface area contributed by atoms with Gasteiger partial charge in [-0.25, -0.2) is 0 Å². The highest BCUT2D eigenvalue weighted by atomic mass is 16.6. The lowest BCUT2D eigenvalue weighted by atomic mass is 10.0.